The zero-order valence-corrected chi connectivity index (χ0v) is 12.4. The molecule has 0 bridgehead atoms. The number of halogens is 1. The van der Waals surface area contributed by atoms with Gasteiger partial charge < -0.3 is 15.8 Å². The Labute approximate surface area is 124 Å². The highest BCUT2D eigenvalue weighted by atomic mass is 35.5. The first-order valence-electron chi connectivity index (χ1n) is 6.61. The van der Waals surface area contributed by atoms with E-state index in [4.69, 9.17) is 34.3 Å². The molecular weight excluding hydrogens is 280 g/mol. The Hall–Kier alpha value is -0.840. The van der Waals surface area contributed by atoms with E-state index in [9.17, 15) is 0 Å². The van der Waals surface area contributed by atoms with Crippen LogP contribution in [0.25, 0.3) is 0 Å². The number of thiocarbonyl (C=S) groups is 1. The van der Waals surface area contributed by atoms with E-state index in [0.717, 1.165) is 17.8 Å². The summed E-state index contributed by atoms with van der Waals surface area (Å²) in [4.78, 5) is 0.349. The van der Waals surface area contributed by atoms with Crippen molar-refractivity contribution in [2.75, 3.05) is 18.5 Å². The number of hydrogen-bond acceptors (Lipinski definition) is 3. The summed E-state index contributed by atoms with van der Waals surface area (Å²) in [7, 11) is 0. The summed E-state index contributed by atoms with van der Waals surface area (Å²) in [6.45, 7) is 1.44. The molecule has 19 heavy (non-hydrogen) atoms. The molecule has 1 aliphatic rings. The molecule has 0 atom stereocenters. The summed E-state index contributed by atoms with van der Waals surface area (Å²) in [6.07, 6.45) is 5.42. The molecule has 1 aliphatic carbocycles. The van der Waals surface area contributed by atoms with Gasteiger partial charge in [0.2, 0.25) is 0 Å². The van der Waals surface area contributed by atoms with Gasteiger partial charge in [-0.1, -0.05) is 36.7 Å². The summed E-state index contributed by atoms with van der Waals surface area (Å²) in [6, 6.07) is 5.50. The first kappa shape index (κ1) is 14.6. The number of anilines is 1. The number of nitrogens with one attached hydrogen (secondary N) is 1. The molecule has 1 aromatic carbocycles. The SMILES string of the molecule is NC(=S)c1cc(Cl)ccc1NCCOC1CCCC1. The van der Waals surface area contributed by atoms with Gasteiger partial charge >= 0.3 is 0 Å². The average molecular weight is 299 g/mol. The van der Waals surface area contributed by atoms with Crippen LogP contribution in [0.3, 0.4) is 0 Å². The molecule has 0 aliphatic heterocycles. The van der Waals surface area contributed by atoms with Crippen molar-refractivity contribution < 1.29 is 4.74 Å². The van der Waals surface area contributed by atoms with Crippen LogP contribution in [0.5, 0.6) is 0 Å². The van der Waals surface area contributed by atoms with Crippen molar-refractivity contribution >= 4 is 34.5 Å². The minimum atomic E-state index is 0.349. The van der Waals surface area contributed by atoms with E-state index in [2.05, 4.69) is 5.32 Å². The van der Waals surface area contributed by atoms with E-state index in [1.165, 1.54) is 25.7 Å². The molecule has 1 fully saturated rings. The smallest absolute Gasteiger partial charge is 0.106 e. The first-order chi connectivity index (χ1) is 9.16. The third-order valence-corrected chi connectivity index (χ3v) is 3.78. The first-order valence-corrected chi connectivity index (χ1v) is 7.40. The summed E-state index contributed by atoms with van der Waals surface area (Å²) >= 11 is 11.0. The third kappa shape index (κ3) is 4.34. The number of benzene rings is 1. The molecule has 104 valence electrons. The molecule has 3 N–H and O–H groups in total. The molecule has 0 amide bonds. The van der Waals surface area contributed by atoms with Gasteiger partial charge in [0.05, 0.1) is 12.7 Å². The lowest BCUT2D eigenvalue weighted by molar-refractivity contribution is 0.0659. The van der Waals surface area contributed by atoms with Gasteiger partial charge in [-0.15, -0.1) is 0 Å². The van der Waals surface area contributed by atoms with Gasteiger partial charge in [-0.3, -0.25) is 0 Å². The molecule has 5 heteroatoms. The molecule has 0 saturated heterocycles. The largest absolute Gasteiger partial charge is 0.389 e. The summed E-state index contributed by atoms with van der Waals surface area (Å²) in [5.74, 6) is 0. The molecule has 0 radical (unpaired) electrons. The fraction of sp³-hybridized carbons (Fsp3) is 0.500. The standard InChI is InChI=1S/C14H19ClN2OS/c15-10-5-6-13(12(9-10)14(16)19)17-7-8-18-11-3-1-2-4-11/h5-6,9,11,17H,1-4,7-8H2,(H2,16,19). The van der Waals surface area contributed by atoms with Crippen molar-refractivity contribution in [3.8, 4) is 0 Å². The number of ether oxygens (including phenoxy) is 1. The lowest BCUT2D eigenvalue weighted by Gasteiger charge is -2.14. The van der Waals surface area contributed by atoms with E-state index in [1.807, 2.05) is 12.1 Å². The third-order valence-electron chi connectivity index (χ3n) is 3.32. The lowest BCUT2D eigenvalue weighted by atomic mass is 10.2. The van der Waals surface area contributed by atoms with Gasteiger partial charge in [0, 0.05) is 22.8 Å². The topological polar surface area (TPSA) is 47.3 Å². The minimum Gasteiger partial charge on any atom is -0.389 e. The van der Waals surface area contributed by atoms with Crippen molar-refractivity contribution in [2.45, 2.75) is 31.8 Å². The maximum Gasteiger partial charge on any atom is 0.106 e. The van der Waals surface area contributed by atoms with Crippen molar-refractivity contribution in [3.63, 3.8) is 0 Å². The normalized spacial score (nSPS) is 15.6. The van der Waals surface area contributed by atoms with E-state index in [0.29, 0.717) is 22.7 Å². The van der Waals surface area contributed by atoms with Gasteiger partial charge in [-0.25, -0.2) is 0 Å². The molecule has 3 nitrogen and oxygen atoms in total. The van der Waals surface area contributed by atoms with Gasteiger partial charge in [0.25, 0.3) is 0 Å². The van der Waals surface area contributed by atoms with Gasteiger partial charge in [0.15, 0.2) is 0 Å². The van der Waals surface area contributed by atoms with Crippen LogP contribution >= 0.6 is 23.8 Å². The van der Waals surface area contributed by atoms with Crippen molar-refractivity contribution in [1.29, 1.82) is 0 Å². The maximum absolute atomic E-state index is 5.94. The molecule has 0 unspecified atom stereocenters. The quantitative estimate of drug-likeness (QED) is 0.624. The van der Waals surface area contributed by atoms with Crippen LogP contribution in [0.15, 0.2) is 18.2 Å². The van der Waals surface area contributed by atoms with Crippen molar-refractivity contribution in [3.05, 3.63) is 28.8 Å². The predicted molar refractivity (Wildman–Crippen MR) is 84.0 cm³/mol. The molecular formula is C14H19ClN2OS. The second-order valence-electron chi connectivity index (χ2n) is 4.76. The van der Waals surface area contributed by atoms with Crippen LogP contribution in [0, 0.1) is 0 Å². The average Bonchev–Trinajstić information content (AvgIpc) is 2.89. The number of rotatable bonds is 6. The fourth-order valence-corrected chi connectivity index (χ4v) is 2.68. The van der Waals surface area contributed by atoms with Gasteiger partial charge in [0.1, 0.15) is 4.99 Å². The van der Waals surface area contributed by atoms with Gasteiger partial charge in [-0.05, 0) is 31.0 Å². The second kappa shape index (κ2) is 7.08. The van der Waals surface area contributed by atoms with E-state index in [-0.39, 0.29) is 0 Å². The monoisotopic (exact) mass is 298 g/mol. The van der Waals surface area contributed by atoms with Crippen LogP contribution < -0.4 is 11.1 Å². The van der Waals surface area contributed by atoms with E-state index < -0.39 is 0 Å². The van der Waals surface area contributed by atoms with Crippen molar-refractivity contribution in [2.24, 2.45) is 5.73 Å². The van der Waals surface area contributed by atoms with Crippen LogP contribution in [0.4, 0.5) is 5.69 Å². The van der Waals surface area contributed by atoms with Crippen LogP contribution in [-0.4, -0.2) is 24.2 Å². The second-order valence-corrected chi connectivity index (χ2v) is 5.63. The molecule has 2 rings (SSSR count). The molecule has 0 heterocycles. The Morgan fingerprint density at radius 1 is 1.42 bits per heavy atom. The van der Waals surface area contributed by atoms with E-state index in [1.54, 1.807) is 6.07 Å². The van der Waals surface area contributed by atoms with E-state index >= 15 is 0 Å². The van der Waals surface area contributed by atoms with Crippen LogP contribution in [0.1, 0.15) is 31.2 Å². The Balaban J connectivity index is 1.83. The molecule has 0 spiro atoms. The van der Waals surface area contributed by atoms with Gasteiger partial charge in [-0.2, -0.15) is 0 Å². The Morgan fingerprint density at radius 3 is 2.84 bits per heavy atom. The Morgan fingerprint density at radius 2 is 2.16 bits per heavy atom. The Kier molecular flexibility index (Phi) is 5.43. The molecule has 1 aromatic rings. The fourth-order valence-electron chi connectivity index (χ4n) is 2.34. The molecule has 0 aromatic heterocycles. The minimum absolute atomic E-state index is 0.349. The van der Waals surface area contributed by atoms with Crippen molar-refractivity contribution in [1.82, 2.24) is 0 Å². The lowest BCUT2D eigenvalue weighted by Crippen LogP contribution is -2.18. The highest BCUT2D eigenvalue weighted by molar-refractivity contribution is 7.80. The van der Waals surface area contributed by atoms with Crippen LogP contribution in [0.2, 0.25) is 5.02 Å². The zero-order valence-electron chi connectivity index (χ0n) is 10.8. The highest BCUT2D eigenvalue weighted by Gasteiger charge is 2.14. The summed E-state index contributed by atoms with van der Waals surface area (Å²) < 4.78 is 5.80. The number of nitrogens with two attached hydrogens (primary N) is 1. The molecule has 1 saturated carbocycles. The Bertz CT molecular complexity index is 447. The number of hydrogen-bond donors (Lipinski definition) is 2. The van der Waals surface area contributed by atoms with Crippen LogP contribution in [-0.2, 0) is 4.74 Å². The summed E-state index contributed by atoms with van der Waals surface area (Å²) in [5.41, 5.74) is 7.38. The predicted octanol–water partition coefficient (Wildman–Crippen LogP) is 3.35. The zero-order chi connectivity index (χ0) is 13.7. The highest BCUT2D eigenvalue weighted by Crippen LogP contribution is 2.22. The maximum atomic E-state index is 5.94. The summed E-state index contributed by atoms with van der Waals surface area (Å²) in [5, 5.41) is 3.93.